The van der Waals surface area contributed by atoms with Crippen molar-refractivity contribution in [3.8, 4) is 0 Å². The molecule has 0 atom stereocenters. The average Bonchev–Trinajstić information content (AvgIpc) is 1.77. The molecule has 0 heterocycles. The van der Waals surface area contributed by atoms with Crippen molar-refractivity contribution in [2.24, 2.45) is 0 Å². The Balaban J connectivity index is 0.000000640. The van der Waals surface area contributed by atoms with Crippen LogP contribution in [0.3, 0.4) is 0 Å². The van der Waals surface area contributed by atoms with E-state index in [1.807, 2.05) is 0 Å². The zero-order valence-corrected chi connectivity index (χ0v) is 12.6. The van der Waals surface area contributed by atoms with E-state index in [1.54, 1.807) is 0 Å². The number of benzene rings is 1. The second-order valence-electron chi connectivity index (χ2n) is 1.63. The maximum atomic E-state index is 3.37. The fourth-order valence-electron chi connectivity index (χ4n) is 0.484. The normalized spacial score (nSPS) is 8.33. The van der Waals surface area contributed by atoms with Crippen LogP contribution in [0.25, 0.3) is 0 Å². The summed E-state index contributed by atoms with van der Waals surface area (Å²) in [6.07, 6.45) is 0. The molecule has 0 N–H and O–H groups in total. The van der Waals surface area contributed by atoms with Crippen LogP contribution in [0.2, 0.25) is 0 Å². The van der Waals surface area contributed by atoms with Crippen molar-refractivity contribution in [3.05, 3.63) is 28.7 Å². The van der Waals surface area contributed by atoms with Gasteiger partial charge in [0.2, 0.25) is 0 Å². The maximum Gasteiger partial charge on any atom is -1.00 e. The van der Waals surface area contributed by atoms with Gasteiger partial charge in [-0.25, -0.2) is 0 Å². The van der Waals surface area contributed by atoms with Crippen LogP contribution in [0.15, 0.2) is 28.7 Å². The molecule has 1 rings (SSSR count). The number of halogens is 2. The summed E-state index contributed by atoms with van der Waals surface area (Å²) in [4.78, 5) is 0. The summed E-state index contributed by atoms with van der Waals surface area (Å²) >= 11 is 4.15. The molecule has 0 aliphatic heterocycles. The quantitative estimate of drug-likeness (QED) is 0.478. The Hall–Kier alpha value is 0.925. The molecule has 1 aromatic rings. The van der Waals surface area contributed by atoms with E-state index < -0.39 is 0 Å². The molecular formula is C6H4BrClHg. The van der Waals surface area contributed by atoms with Gasteiger partial charge in [0.05, 0.1) is 0 Å². The number of hydrogen-bond donors (Lipinski definition) is 0. The Kier molecular flexibility index (Phi) is 5.18. The first-order chi connectivity index (χ1) is 3.79. The van der Waals surface area contributed by atoms with Crippen LogP contribution in [-0.4, -0.2) is 0 Å². The molecule has 0 amide bonds. The van der Waals surface area contributed by atoms with Gasteiger partial charge in [-0.3, -0.25) is 0 Å². The fourth-order valence-corrected chi connectivity index (χ4v) is 1.67. The Morgan fingerprint density at radius 1 is 1.11 bits per heavy atom. The molecule has 0 saturated carbocycles. The SMILES string of the molecule is Brc1cc[c]([Hg+])cc1.[Cl-]. The van der Waals surface area contributed by atoms with Crippen LogP contribution in [-0.2, 0) is 26.1 Å². The van der Waals surface area contributed by atoms with Crippen molar-refractivity contribution in [2.45, 2.75) is 0 Å². The van der Waals surface area contributed by atoms with E-state index in [0.717, 1.165) is 26.1 Å². The second-order valence-corrected chi connectivity index (χ2v) is 5.72. The molecule has 0 aliphatic rings. The first kappa shape index (κ1) is 9.93. The minimum atomic E-state index is 0. The fraction of sp³-hybridized carbons (Fsp3) is 0. The predicted octanol–water partition coefficient (Wildman–Crippen LogP) is -1.37. The zero-order valence-electron chi connectivity index (χ0n) is 4.77. The van der Waals surface area contributed by atoms with Gasteiger partial charge in [-0.15, -0.1) is 0 Å². The van der Waals surface area contributed by atoms with Gasteiger partial charge in [-0.1, -0.05) is 0 Å². The monoisotopic (exact) mass is 392 g/mol. The Morgan fingerprint density at radius 2 is 1.56 bits per heavy atom. The summed E-state index contributed by atoms with van der Waals surface area (Å²) in [5.74, 6) is 0. The third-order valence-electron chi connectivity index (χ3n) is 0.913. The van der Waals surface area contributed by atoms with Crippen molar-refractivity contribution < 1.29 is 38.5 Å². The molecule has 9 heavy (non-hydrogen) atoms. The molecule has 0 fully saturated rings. The topological polar surface area (TPSA) is 0 Å². The third kappa shape index (κ3) is 3.59. The molecule has 0 radical (unpaired) electrons. The van der Waals surface area contributed by atoms with Gasteiger partial charge < -0.3 is 12.4 Å². The minimum Gasteiger partial charge on any atom is -1.00 e. The number of hydrogen-bond acceptors (Lipinski definition) is 0. The van der Waals surface area contributed by atoms with Crippen LogP contribution in [0, 0.1) is 0 Å². The van der Waals surface area contributed by atoms with Crippen LogP contribution < -0.4 is 15.5 Å². The number of rotatable bonds is 0. The summed E-state index contributed by atoms with van der Waals surface area (Å²) in [6, 6.07) is 8.49. The first-order valence-electron chi connectivity index (χ1n) is 2.36. The van der Waals surface area contributed by atoms with Gasteiger partial charge in [0.25, 0.3) is 0 Å². The van der Waals surface area contributed by atoms with E-state index in [4.69, 9.17) is 0 Å². The second kappa shape index (κ2) is 4.70. The van der Waals surface area contributed by atoms with Crippen LogP contribution in [0.4, 0.5) is 0 Å². The van der Waals surface area contributed by atoms with Crippen molar-refractivity contribution in [1.29, 1.82) is 0 Å². The van der Waals surface area contributed by atoms with Gasteiger partial charge in [-0.2, -0.15) is 0 Å². The largest absolute Gasteiger partial charge is 1.00 e. The molecule has 0 aliphatic carbocycles. The molecule has 44 valence electrons. The van der Waals surface area contributed by atoms with Crippen molar-refractivity contribution in [1.82, 2.24) is 0 Å². The Bertz CT molecular complexity index is 152. The summed E-state index contributed by atoms with van der Waals surface area (Å²) in [7, 11) is 0. The van der Waals surface area contributed by atoms with Gasteiger partial charge in [0.1, 0.15) is 0 Å². The standard InChI is InChI=1S/C6H4Br.ClH.Hg/c7-6-4-2-1-3-5-6;;/h2-5H;1H;/q;;+1/p-1. The summed E-state index contributed by atoms with van der Waals surface area (Å²) in [6.45, 7) is 0. The molecule has 0 bridgehead atoms. The molecular weight excluding hydrogens is 388 g/mol. The molecule has 0 unspecified atom stereocenters. The molecule has 0 saturated heterocycles. The van der Waals surface area contributed by atoms with E-state index >= 15 is 0 Å². The summed E-state index contributed by atoms with van der Waals surface area (Å²) in [5.41, 5.74) is 0. The smallest absolute Gasteiger partial charge is 1.00 e. The molecule has 1 aromatic carbocycles. The van der Waals surface area contributed by atoms with Crippen molar-refractivity contribution in [2.75, 3.05) is 0 Å². The summed E-state index contributed by atoms with van der Waals surface area (Å²) < 4.78 is 2.67. The Labute approximate surface area is 85.5 Å². The zero-order chi connectivity index (χ0) is 5.98. The van der Waals surface area contributed by atoms with Gasteiger partial charge >= 0.3 is 73.9 Å². The average molecular weight is 392 g/mol. The van der Waals surface area contributed by atoms with Crippen LogP contribution >= 0.6 is 15.9 Å². The van der Waals surface area contributed by atoms with E-state index in [-0.39, 0.29) is 12.4 Å². The third-order valence-corrected chi connectivity index (χ3v) is 3.27. The minimum absolute atomic E-state index is 0. The maximum absolute atomic E-state index is 3.37. The Morgan fingerprint density at radius 3 is 1.89 bits per heavy atom. The summed E-state index contributed by atoms with van der Waals surface area (Å²) in [5, 5.41) is 0. The molecule has 3 heteroatoms. The van der Waals surface area contributed by atoms with Crippen molar-refractivity contribution in [3.63, 3.8) is 0 Å². The van der Waals surface area contributed by atoms with Crippen molar-refractivity contribution >= 4 is 19.0 Å². The van der Waals surface area contributed by atoms with Crippen LogP contribution in [0.5, 0.6) is 0 Å². The predicted molar refractivity (Wildman–Crippen MR) is 33.8 cm³/mol. The van der Waals surface area contributed by atoms with Gasteiger partial charge in [-0.05, 0) is 0 Å². The van der Waals surface area contributed by atoms with Gasteiger partial charge in [0, 0.05) is 0 Å². The van der Waals surface area contributed by atoms with E-state index in [1.165, 1.54) is 7.54 Å². The first-order valence-corrected chi connectivity index (χ1v) is 5.91. The van der Waals surface area contributed by atoms with Crippen LogP contribution in [0.1, 0.15) is 0 Å². The van der Waals surface area contributed by atoms with Gasteiger partial charge in [0.15, 0.2) is 0 Å². The molecule has 0 nitrogen and oxygen atoms in total. The van der Waals surface area contributed by atoms with E-state index in [2.05, 4.69) is 40.2 Å². The van der Waals surface area contributed by atoms with E-state index in [0.29, 0.717) is 0 Å². The van der Waals surface area contributed by atoms with E-state index in [9.17, 15) is 0 Å². The molecule has 0 aromatic heterocycles. The molecule has 0 spiro atoms.